The van der Waals surface area contributed by atoms with E-state index in [2.05, 4.69) is 24.1 Å². The fourth-order valence-electron chi connectivity index (χ4n) is 3.15. The number of hydrogen-bond acceptors (Lipinski definition) is 3. The Kier molecular flexibility index (Phi) is 4.62. The summed E-state index contributed by atoms with van der Waals surface area (Å²) >= 11 is 0. The lowest BCUT2D eigenvalue weighted by Crippen LogP contribution is -2.52. The van der Waals surface area contributed by atoms with Crippen LogP contribution in [0, 0.1) is 0 Å². The lowest BCUT2D eigenvalue weighted by atomic mass is 10.0. The maximum Gasteiger partial charge on any atom is 0.0703 e. The van der Waals surface area contributed by atoms with Crippen molar-refractivity contribution in [2.75, 3.05) is 26.2 Å². The molecular formula is C13H26N2O. The van der Waals surface area contributed by atoms with Crippen LogP contribution in [0.5, 0.6) is 0 Å². The third-order valence-corrected chi connectivity index (χ3v) is 3.98. The normalized spacial score (nSPS) is 35.8. The highest BCUT2D eigenvalue weighted by Gasteiger charge is 2.33. The summed E-state index contributed by atoms with van der Waals surface area (Å²) in [5.41, 5.74) is 0. The van der Waals surface area contributed by atoms with E-state index >= 15 is 0 Å². The van der Waals surface area contributed by atoms with Crippen LogP contribution in [0.3, 0.4) is 0 Å². The first-order valence-electron chi connectivity index (χ1n) is 6.91. The summed E-state index contributed by atoms with van der Waals surface area (Å²) in [4.78, 5) is 2.71. The first-order chi connectivity index (χ1) is 7.83. The molecule has 2 aliphatic heterocycles. The number of piperidine rings is 1. The average Bonchev–Trinajstić information content (AvgIpc) is 2.73. The minimum Gasteiger partial charge on any atom is -0.377 e. The summed E-state index contributed by atoms with van der Waals surface area (Å²) in [7, 11) is 0. The Morgan fingerprint density at radius 2 is 2.25 bits per heavy atom. The summed E-state index contributed by atoms with van der Waals surface area (Å²) in [6, 6.07) is 1.40. The maximum atomic E-state index is 5.72. The summed E-state index contributed by atoms with van der Waals surface area (Å²) < 4.78 is 5.72. The van der Waals surface area contributed by atoms with Crippen molar-refractivity contribution < 1.29 is 4.74 Å². The topological polar surface area (TPSA) is 24.5 Å². The molecule has 0 amide bonds. The zero-order chi connectivity index (χ0) is 11.4. The summed E-state index contributed by atoms with van der Waals surface area (Å²) in [5.74, 6) is 0. The smallest absolute Gasteiger partial charge is 0.0703 e. The highest BCUT2D eigenvalue weighted by molar-refractivity contribution is 4.88. The van der Waals surface area contributed by atoms with E-state index in [4.69, 9.17) is 4.74 Å². The van der Waals surface area contributed by atoms with Crippen LogP contribution in [0.25, 0.3) is 0 Å². The van der Waals surface area contributed by atoms with Gasteiger partial charge in [0.25, 0.3) is 0 Å². The fourth-order valence-corrected chi connectivity index (χ4v) is 3.15. The molecule has 16 heavy (non-hydrogen) atoms. The number of nitrogens with one attached hydrogen (secondary N) is 1. The van der Waals surface area contributed by atoms with Gasteiger partial charge >= 0.3 is 0 Å². The lowest BCUT2D eigenvalue weighted by molar-refractivity contribution is 0.0462. The van der Waals surface area contributed by atoms with Crippen molar-refractivity contribution in [3.63, 3.8) is 0 Å². The third-order valence-electron chi connectivity index (χ3n) is 3.98. The summed E-state index contributed by atoms with van der Waals surface area (Å²) in [5, 5.41) is 3.53. The lowest BCUT2D eigenvalue weighted by Gasteiger charge is -2.39. The quantitative estimate of drug-likeness (QED) is 0.788. The van der Waals surface area contributed by atoms with Gasteiger partial charge in [0.05, 0.1) is 6.10 Å². The van der Waals surface area contributed by atoms with Crippen molar-refractivity contribution in [2.45, 2.75) is 57.7 Å². The molecule has 2 heterocycles. The van der Waals surface area contributed by atoms with Gasteiger partial charge in [0.1, 0.15) is 0 Å². The van der Waals surface area contributed by atoms with Crippen molar-refractivity contribution in [3.05, 3.63) is 0 Å². The fraction of sp³-hybridized carbons (Fsp3) is 1.00. The maximum absolute atomic E-state index is 5.72. The van der Waals surface area contributed by atoms with Crippen LogP contribution in [-0.2, 0) is 4.74 Å². The first-order valence-corrected chi connectivity index (χ1v) is 6.91. The Morgan fingerprint density at radius 3 is 2.81 bits per heavy atom. The minimum atomic E-state index is 0.425. The van der Waals surface area contributed by atoms with E-state index in [1.807, 2.05) is 0 Å². The minimum absolute atomic E-state index is 0.425. The predicted octanol–water partition coefficient (Wildman–Crippen LogP) is 1.63. The Hall–Kier alpha value is -0.120. The molecule has 2 rings (SSSR count). The van der Waals surface area contributed by atoms with Crippen molar-refractivity contribution >= 4 is 0 Å². The van der Waals surface area contributed by atoms with Crippen LogP contribution in [0.2, 0.25) is 0 Å². The molecule has 0 spiro atoms. The molecule has 2 fully saturated rings. The monoisotopic (exact) mass is 226 g/mol. The molecule has 3 nitrogen and oxygen atoms in total. The van der Waals surface area contributed by atoms with E-state index in [1.165, 1.54) is 45.3 Å². The molecule has 2 aliphatic rings. The van der Waals surface area contributed by atoms with E-state index in [-0.39, 0.29) is 0 Å². The van der Waals surface area contributed by atoms with Gasteiger partial charge in [0.2, 0.25) is 0 Å². The molecule has 3 atom stereocenters. The number of nitrogens with zero attached hydrogens (tertiary/aromatic N) is 1. The molecule has 0 saturated carbocycles. The van der Waals surface area contributed by atoms with Crippen molar-refractivity contribution in [2.24, 2.45) is 0 Å². The van der Waals surface area contributed by atoms with Crippen molar-refractivity contribution in [1.29, 1.82) is 0 Å². The third kappa shape index (κ3) is 2.76. The SMILES string of the molecule is CCCN(C1CCCNC1)C1CCOC1C. The molecule has 1 N–H and O–H groups in total. The molecule has 0 aliphatic carbocycles. The summed E-state index contributed by atoms with van der Waals surface area (Å²) in [6.45, 7) is 9.06. The molecule has 2 saturated heterocycles. The molecule has 94 valence electrons. The van der Waals surface area contributed by atoms with E-state index in [9.17, 15) is 0 Å². The van der Waals surface area contributed by atoms with E-state index in [0.29, 0.717) is 12.1 Å². The molecule has 0 bridgehead atoms. The number of rotatable bonds is 4. The van der Waals surface area contributed by atoms with E-state index in [0.717, 1.165) is 12.6 Å². The van der Waals surface area contributed by atoms with Gasteiger partial charge in [-0.2, -0.15) is 0 Å². The van der Waals surface area contributed by atoms with Gasteiger partial charge in [-0.3, -0.25) is 4.90 Å². The average molecular weight is 226 g/mol. The van der Waals surface area contributed by atoms with E-state index in [1.54, 1.807) is 0 Å². The van der Waals surface area contributed by atoms with Crippen LogP contribution < -0.4 is 5.32 Å². The predicted molar refractivity (Wildman–Crippen MR) is 66.7 cm³/mol. The van der Waals surface area contributed by atoms with Crippen LogP contribution in [0.1, 0.15) is 39.5 Å². The standard InChI is InChI=1S/C13H26N2O/c1-3-8-15(12-5-4-7-14-10-12)13-6-9-16-11(13)2/h11-14H,3-10H2,1-2H3. The van der Waals surface area contributed by atoms with Gasteiger partial charge in [-0.15, -0.1) is 0 Å². The largest absolute Gasteiger partial charge is 0.377 e. The molecular weight excluding hydrogens is 200 g/mol. The first kappa shape index (κ1) is 12.3. The molecule has 0 aromatic rings. The molecule has 3 heteroatoms. The Labute approximate surface area is 99.5 Å². The van der Waals surface area contributed by atoms with Crippen LogP contribution in [-0.4, -0.2) is 49.3 Å². The van der Waals surface area contributed by atoms with Crippen molar-refractivity contribution in [1.82, 2.24) is 10.2 Å². The zero-order valence-electron chi connectivity index (χ0n) is 10.7. The number of hydrogen-bond donors (Lipinski definition) is 1. The van der Waals surface area contributed by atoms with Crippen molar-refractivity contribution in [3.8, 4) is 0 Å². The van der Waals surface area contributed by atoms with E-state index < -0.39 is 0 Å². The highest BCUT2D eigenvalue weighted by atomic mass is 16.5. The second-order valence-corrected chi connectivity index (χ2v) is 5.17. The highest BCUT2D eigenvalue weighted by Crippen LogP contribution is 2.24. The van der Waals surface area contributed by atoms with Gasteiger partial charge < -0.3 is 10.1 Å². The molecule has 3 unspecified atom stereocenters. The van der Waals surface area contributed by atoms with Gasteiger partial charge in [0.15, 0.2) is 0 Å². The second kappa shape index (κ2) is 5.99. The molecule has 0 aromatic carbocycles. The van der Waals surface area contributed by atoms with Crippen LogP contribution in [0.15, 0.2) is 0 Å². The Bertz CT molecular complexity index is 204. The Morgan fingerprint density at radius 1 is 1.38 bits per heavy atom. The number of ether oxygens (including phenoxy) is 1. The van der Waals surface area contributed by atoms with Gasteiger partial charge in [-0.05, 0) is 45.7 Å². The molecule has 0 aromatic heterocycles. The van der Waals surface area contributed by atoms with Gasteiger partial charge in [-0.25, -0.2) is 0 Å². The van der Waals surface area contributed by atoms with Gasteiger partial charge in [-0.1, -0.05) is 6.92 Å². The molecule has 0 radical (unpaired) electrons. The summed E-state index contributed by atoms with van der Waals surface area (Å²) in [6.07, 6.45) is 5.58. The van der Waals surface area contributed by atoms with Gasteiger partial charge in [0, 0.05) is 25.2 Å². The van der Waals surface area contributed by atoms with Crippen LogP contribution >= 0.6 is 0 Å². The Balaban J connectivity index is 1.97. The zero-order valence-corrected chi connectivity index (χ0v) is 10.7. The van der Waals surface area contributed by atoms with Crippen LogP contribution in [0.4, 0.5) is 0 Å². The second-order valence-electron chi connectivity index (χ2n) is 5.17.